The first-order valence-corrected chi connectivity index (χ1v) is 9.67. The Balaban J connectivity index is 1.60. The molecule has 0 aliphatic heterocycles. The van der Waals surface area contributed by atoms with Crippen LogP contribution in [0.5, 0.6) is 5.75 Å². The number of aryl methyl sites for hydroxylation is 1. The van der Waals surface area contributed by atoms with E-state index in [1.165, 1.54) is 16.0 Å². The van der Waals surface area contributed by atoms with Crippen LogP contribution in [0.2, 0.25) is 5.02 Å². The molecule has 0 saturated carbocycles. The van der Waals surface area contributed by atoms with Crippen LogP contribution in [0.1, 0.15) is 24.5 Å². The number of hydrogen-bond acceptors (Lipinski definition) is 2. The van der Waals surface area contributed by atoms with Crippen LogP contribution in [0.4, 0.5) is 0 Å². The molecule has 0 saturated heterocycles. The third kappa shape index (κ3) is 5.29. The van der Waals surface area contributed by atoms with Gasteiger partial charge in [-0.25, -0.2) is 0 Å². The fourth-order valence-corrected chi connectivity index (χ4v) is 3.74. The van der Waals surface area contributed by atoms with E-state index in [-0.39, 0.29) is 0 Å². The highest BCUT2D eigenvalue weighted by Gasteiger charge is 2.04. The number of rotatable bonds is 7. The minimum atomic E-state index is 0.585. The van der Waals surface area contributed by atoms with Crippen molar-refractivity contribution in [3.05, 3.63) is 88.9 Å². The molecule has 0 amide bonds. The highest BCUT2D eigenvalue weighted by Crippen LogP contribution is 2.32. The second-order valence-electron chi connectivity index (χ2n) is 5.85. The lowest BCUT2D eigenvalue weighted by molar-refractivity contribution is 0.306. The normalized spacial score (nSPS) is 10.6. The second-order valence-corrected chi connectivity index (χ2v) is 7.41. The number of benzene rings is 3. The van der Waals surface area contributed by atoms with Crippen LogP contribution in [0.15, 0.2) is 82.6 Å². The zero-order valence-electron chi connectivity index (χ0n) is 14.2. The quantitative estimate of drug-likeness (QED) is 0.443. The van der Waals surface area contributed by atoms with E-state index in [4.69, 9.17) is 16.3 Å². The van der Waals surface area contributed by atoms with Gasteiger partial charge in [-0.3, -0.25) is 0 Å². The molecule has 0 radical (unpaired) electrons. The average molecular weight is 369 g/mol. The summed E-state index contributed by atoms with van der Waals surface area (Å²) in [5.74, 6) is 0.879. The molecule has 0 aliphatic carbocycles. The largest absolute Gasteiger partial charge is 0.489 e. The lowest BCUT2D eigenvalue weighted by Crippen LogP contribution is -1.94. The maximum atomic E-state index is 6.37. The van der Waals surface area contributed by atoms with Crippen LogP contribution < -0.4 is 4.74 Å². The van der Waals surface area contributed by atoms with Gasteiger partial charge >= 0.3 is 0 Å². The van der Waals surface area contributed by atoms with Crippen LogP contribution in [-0.4, -0.2) is 0 Å². The summed E-state index contributed by atoms with van der Waals surface area (Å²) in [7, 11) is 0. The Labute approximate surface area is 159 Å². The second kappa shape index (κ2) is 8.98. The summed E-state index contributed by atoms with van der Waals surface area (Å²) in [6.07, 6.45) is 2.13. The van der Waals surface area contributed by atoms with Gasteiger partial charge in [0.1, 0.15) is 12.4 Å². The molecule has 0 N–H and O–H groups in total. The van der Waals surface area contributed by atoms with E-state index in [1.807, 2.05) is 30.3 Å². The first kappa shape index (κ1) is 17.9. The van der Waals surface area contributed by atoms with Crippen molar-refractivity contribution in [2.45, 2.75) is 36.2 Å². The maximum absolute atomic E-state index is 6.37. The molecule has 0 aliphatic rings. The molecule has 128 valence electrons. The first-order valence-electron chi connectivity index (χ1n) is 8.47. The summed E-state index contributed by atoms with van der Waals surface area (Å²) >= 11 is 8.08. The molecule has 0 atom stereocenters. The monoisotopic (exact) mass is 368 g/mol. The predicted molar refractivity (Wildman–Crippen MR) is 107 cm³/mol. The van der Waals surface area contributed by atoms with Gasteiger partial charge in [0, 0.05) is 14.8 Å². The molecule has 0 bridgehead atoms. The minimum Gasteiger partial charge on any atom is -0.489 e. The van der Waals surface area contributed by atoms with E-state index in [2.05, 4.69) is 49.4 Å². The van der Waals surface area contributed by atoms with Crippen LogP contribution in [0, 0.1) is 0 Å². The van der Waals surface area contributed by atoms with Crippen molar-refractivity contribution >= 4 is 23.4 Å². The maximum Gasteiger partial charge on any atom is 0.119 e. The van der Waals surface area contributed by atoms with Crippen molar-refractivity contribution < 1.29 is 4.74 Å². The van der Waals surface area contributed by atoms with E-state index < -0.39 is 0 Å². The molecule has 0 fully saturated rings. The molecule has 3 heteroatoms. The van der Waals surface area contributed by atoms with E-state index >= 15 is 0 Å². The van der Waals surface area contributed by atoms with Crippen LogP contribution >= 0.6 is 23.4 Å². The SMILES string of the molecule is CCCc1ccc(Sc2ccc(OCc3ccccc3)cc2)cc1Cl. The topological polar surface area (TPSA) is 9.23 Å². The zero-order chi connectivity index (χ0) is 17.5. The summed E-state index contributed by atoms with van der Waals surface area (Å²) in [6, 6.07) is 24.7. The number of ether oxygens (including phenoxy) is 1. The van der Waals surface area contributed by atoms with E-state index in [0.717, 1.165) is 28.5 Å². The third-order valence-corrected chi connectivity index (χ3v) is 5.20. The van der Waals surface area contributed by atoms with Crippen molar-refractivity contribution in [1.29, 1.82) is 0 Å². The fourth-order valence-electron chi connectivity index (χ4n) is 2.54. The van der Waals surface area contributed by atoms with Crippen molar-refractivity contribution in [3.63, 3.8) is 0 Å². The van der Waals surface area contributed by atoms with E-state index in [1.54, 1.807) is 11.8 Å². The molecule has 1 nitrogen and oxygen atoms in total. The van der Waals surface area contributed by atoms with Gasteiger partial charge in [-0.1, -0.05) is 73.1 Å². The zero-order valence-corrected chi connectivity index (χ0v) is 15.8. The van der Waals surface area contributed by atoms with Gasteiger partial charge in [0.15, 0.2) is 0 Å². The molecule has 25 heavy (non-hydrogen) atoms. The fraction of sp³-hybridized carbons (Fsp3) is 0.182. The number of halogens is 1. The molecule has 0 aromatic heterocycles. The van der Waals surface area contributed by atoms with Gasteiger partial charge in [-0.05, 0) is 53.9 Å². The Kier molecular flexibility index (Phi) is 6.43. The summed E-state index contributed by atoms with van der Waals surface area (Å²) in [5.41, 5.74) is 2.39. The summed E-state index contributed by atoms with van der Waals surface area (Å²) in [4.78, 5) is 2.33. The third-order valence-electron chi connectivity index (χ3n) is 3.85. The van der Waals surface area contributed by atoms with Crippen LogP contribution in [-0.2, 0) is 13.0 Å². The molecular formula is C22H21ClOS. The van der Waals surface area contributed by atoms with Gasteiger partial charge in [0.05, 0.1) is 0 Å². The smallest absolute Gasteiger partial charge is 0.119 e. The van der Waals surface area contributed by atoms with Crippen LogP contribution in [0.25, 0.3) is 0 Å². The summed E-state index contributed by atoms with van der Waals surface area (Å²) in [6.45, 7) is 2.75. The van der Waals surface area contributed by atoms with Crippen molar-refractivity contribution in [3.8, 4) is 5.75 Å². The summed E-state index contributed by atoms with van der Waals surface area (Å²) < 4.78 is 5.83. The van der Waals surface area contributed by atoms with Gasteiger partial charge in [-0.2, -0.15) is 0 Å². The predicted octanol–water partition coefficient (Wildman–Crippen LogP) is 7.02. The Hall–Kier alpha value is -1.90. The molecule has 3 aromatic carbocycles. The lowest BCUT2D eigenvalue weighted by Gasteiger charge is -2.08. The van der Waals surface area contributed by atoms with E-state index in [0.29, 0.717) is 6.61 Å². The van der Waals surface area contributed by atoms with Crippen molar-refractivity contribution in [1.82, 2.24) is 0 Å². The molecule has 3 rings (SSSR count). The molecular weight excluding hydrogens is 348 g/mol. The Morgan fingerprint density at radius 3 is 2.28 bits per heavy atom. The summed E-state index contributed by atoms with van der Waals surface area (Å²) in [5, 5.41) is 0.856. The Morgan fingerprint density at radius 1 is 0.880 bits per heavy atom. The average Bonchev–Trinajstić information content (AvgIpc) is 2.64. The van der Waals surface area contributed by atoms with Crippen molar-refractivity contribution in [2.75, 3.05) is 0 Å². The Morgan fingerprint density at radius 2 is 1.60 bits per heavy atom. The minimum absolute atomic E-state index is 0.585. The lowest BCUT2D eigenvalue weighted by atomic mass is 10.1. The Bertz CT molecular complexity index is 800. The molecule has 0 heterocycles. The molecule has 0 unspecified atom stereocenters. The van der Waals surface area contributed by atoms with Crippen molar-refractivity contribution in [2.24, 2.45) is 0 Å². The van der Waals surface area contributed by atoms with E-state index in [9.17, 15) is 0 Å². The highest BCUT2D eigenvalue weighted by molar-refractivity contribution is 7.99. The van der Waals surface area contributed by atoms with Gasteiger partial charge in [-0.15, -0.1) is 0 Å². The van der Waals surface area contributed by atoms with Gasteiger partial charge in [0.2, 0.25) is 0 Å². The molecule has 3 aromatic rings. The van der Waals surface area contributed by atoms with Gasteiger partial charge < -0.3 is 4.74 Å². The first-order chi connectivity index (χ1) is 12.2. The van der Waals surface area contributed by atoms with Crippen LogP contribution in [0.3, 0.4) is 0 Å². The number of hydrogen-bond donors (Lipinski definition) is 0. The highest BCUT2D eigenvalue weighted by atomic mass is 35.5. The molecule has 0 spiro atoms. The standard InChI is InChI=1S/C22H21ClOS/c1-2-6-18-9-12-21(15-22(18)23)25-20-13-10-19(11-14-20)24-16-17-7-4-3-5-8-17/h3-5,7-15H,2,6,16H2,1H3. The van der Waals surface area contributed by atoms with Gasteiger partial charge in [0.25, 0.3) is 0 Å².